The third-order valence-corrected chi connectivity index (χ3v) is 3.71. The molecule has 2 rings (SSSR count). The van der Waals surface area contributed by atoms with Crippen LogP contribution >= 0.6 is 0 Å². The number of halogens is 1. The first-order chi connectivity index (χ1) is 11.7. The molecule has 0 atom stereocenters. The number of nitrogens with one attached hydrogen (secondary N) is 3. The van der Waals surface area contributed by atoms with Gasteiger partial charge in [-0.15, -0.1) is 0 Å². The summed E-state index contributed by atoms with van der Waals surface area (Å²) in [7, 11) is 0. The Balaban J connectivity index is 1.66. The van der Waals surface area contributed by atoms with Gasteiger partial charge in [0, 0.05) is 32.1 Å². The molecule has 0 radical (unpaired) electrons. The molecule has 0 aliphatic heterocycles. The van der Waals surface area contributed by atoms with Crippen LogP contribution in [0.25, 0.3) is 0 Å². The van der Waals surface area contributed by atoms with Crippen LogP contribution < -0.4 is 16.0 Å². The first-order valence-electron chi connectivity index (χ1n) is 8.73. The number of hydrogen-bond donors (Lipinski definition) is 3. The summed E-state index contributed by atoms with van der Waals surface area (Å²) in [5.41, 5.74) is 0.954. The monoisotopic (exact) mass is 334 g/mol. The number of aliphatic imine (C=N–C) groups is 1. The van der Waals surface area contributed by atoms with E-state index >= 15 is 0 Å². The summed E-state index contributed by atoms with van der Waals surface area (Å²) in [6.45, 7) is 4.06. The standard InChI is InChI=1S/C18H27FN4O/c1-2-20-18(21-11-4-7-17(24)23-16-8-9-16)22-12-10-14-5-3-6-15(19)13-14/h3,5-6,13,16H,2,4,7-12H2,1H3,(H,23,24)(H2,20,21,22). The molecule has 132 valence electrons. The molecule has 0 saturated heterocycles. The Morgan fingerprint density at radius 1 is 1.33 bits per heavy atom. The summed E-state index contributed by atoms with van der Waals surface area (Å²) < 4.78 is 13.1. The zero-order valence-electron chi connectivity index (χ0n) is 14.3. The van der Waals surface area contributed by atoms with Crippen LogP contribution in [0.2, 0.25) is 0 Å². The lowest BCUT2D eigenvalue weighted by molar-refractivity contribution is -0.121. The summed E-state index contributed by atoms with van der Waals surface area (Å²) in [6.07, 6.45) is 4.21. The van der Waals surface area contributed by atoms with E-state index in [2.05, 4.69) is 20.9 Å². The van der Waals surface area contributed by atoms with E-state index in [1.807, 2.05) is 13.0 Å². The van der Waals surface area contributed by atoms with Crippen molar-refractivity contribution in [3.8, 4) is 0 Å². The average molecular weight is 334 g/mol. The summed E-state index contributed by atoms with van der Waals surface area (Å²) in [4.78, 5) is 16.1. The van der Waals surface area contributed by atoms with Gasteiger partial charge in [0.05, 0.1) is 0 Å². The summed E-state index contributed by atoms with van der Waals surface area (Å²) in [6, 6.07) is 7.04. The lowest BCUT2D eigenvalue weighted by Gasteiger charge is -2.11. The van der Waals surface area contributed by atoms with Crippen molar-refractivity contribution in [2.24, 2.45) is 4.99 Å². The van der Waals surface area contributed by atoms with Crippen molar-refractivity contribution in [2.45, 2.75) is 45.1 Å². The Bertz CT molecular complexity index is 558. The van der Waals surface area contributed by atoms with Gasteiger partial charge in [-0.3, -0.25) is 9.79 Å². The molecule has 0 heterocycles. The zero-order chi connectivity index (χ0) is 17.2. The van der Waals surface area contributed by atoms with E-state index in [9.17, 15) is 9.18 Å². The number of hydrogen-bond acceptors (Lipinski definition) is 2. The van der Waals surface area contributed by atoms with Gasteiger partial charge in [0.1, 0.15) is 5.82 Å². The van der Waals surface area contributed by atoms with Crippen molar-refractivity contribution < 1.29 is 9.18 Å². The van der Waals surface area contributed by atoms with E-state index in [0.717, 1.165) is 43.8 Å². The second-order valence-electron chi connectivity index (χ2n) is 6.01. The minimum Gasteiger partial charge on any atom is -0.357 e. The largest absolute Gasteiger partial charge is 0.357 e. The smallest absolute Gasteiger partial charge is 0.220 e. The quantitative estimate of drug-likeness (QED) is 0.368. The Kier molecular flexibility index (Phi) is 7.52. The van der Waals surface area contributed by atoms with Crippen LogP contribution in [0.4, 0.5) is 4.39 Å². The topological polar surface area (TPSA) is 65.5 Å². The van der Waals surface area contributed by atoms with Crippen LogP contribution in [-0.2, 0) is 11.2 Å². The van der Waals surface area contributed by atoms with Crippen LogP contribution in [0.5, 0.6) is 0 Å². The van der Waals surface area contributed by atoms with E-state index in [1.54, 1.807) is 12.1 Å². The number of amides is 1. The molecule has 5 nitrogen and oxygen atoms in total. The molecule has 1 saturated carbocycles. The highest BCUT2D eigenvalue weighted by Crippen LogP contribution is 2.18. The molecule has 0 aromatic heterocycles. The fourth-order valence-electron chi connectivity index (χ4n) is 2.32. The maximum absolute atomic E-state index is 13.1. The highest BCUT2D eigenvalue weighted by Gasteiger charge is 2.22. The Morgan fingerprint density at radius 2 is 2.17 bits per heavy atom. The van der Waals surface area contributed by atoms with Crippen molar-refractivity contribution >= 4 is 11.9 Å². The molecule has 1 aliphatic rings. The van der Waals surface area contributed by atoms with Gasteiger partial charge in [0.25, 0.3) is 0 Å². The van der Waals surface area contributed by atoms with Crippen molar-refractivity contribution in [3.63, 3.8) is 0 Å². The average Bonchev–Trinajstić information content (AvgIpc) is 3.35. The number of guanidine groups is 1. The molecule has 1 fully saturated rings. The van der Waals surface area contributed by atoms with Crippen LogP contribution in [0.1, 0.15) is 38.2 Å². The molecular formula is C18H27FN4O. The molecular weight excluding hydrogens is 307 g/mol. The molecule has 1 aromatic rings. The minimum atomic E-state index is -0.211. The molecule has 6 heteroatoms. The number of rotatable bonds is 9. The third-order valence-electron chi connectivity index (χ3n) is 3.71. The minimum absolute atomic E-state index is 0.122. The van der Waals surface area contributed by atoms with E-state index < -0.39 is 0 Å². The van der Waals surface area contributed by atoms with E-state index in [1.165, 1.54) is 6.07 Å². The second-order valence-corrected chi connectivity index (χ2v) is 6.01. The number of benzene rings is 1. The van der Waals surface area contributed by atoms with Gasteiger partial charge in [-0.2, -0.15) is 0 Å². The van der Waals surface area contributed by atoms with Crippen molar-refractivity contribution in [1.82, 2.24) is 16.0 Å². The maximum Gasteiger partial charge on any atom is 0.220 e. The van der Waals surface area contributed by atoms with Gasteiger partial charge in [-0.25, -0.2) is 4.39 Å². The highest BCUT2D eigenvalue weighted by molar-refractivity contribution is 5.80. The lowest BCUT2D eigenvalue weighted by Crippen LogP contribution is -2.38. The van der Waals surface area contributed by atoms with Crippen molar-refractivity contribution in [1.29, 1.82) is 0 Å². The highest BCUT2D eigenvalue weighted by atomic mass is 19.1. The first kappa shape index (κ1) is 18.2. The van der Waals surface area contributed by atoms with Gasteiger partial charge in [0.2, 0.25) is 5.91 Å². The van der Waals surface area contributed by atoms with Gasteiger partial charge in [-0.1, -0.05) is 12.1 Å². The fraction of sp³-hybridized carbons (Fsp3) is 0.556. The lowest BCUT2D eigenvalue weighted by atomic mass is 10.1. The Hall–Kier alpha value is -2.11. The SMILES string of the molecule is CCNC(=NCCCC(=O)NC1CC1)NCCc1cccc(F)c1. The summed E-state index contributed by atoms with van der Waals surface area (Å²) in [5.74, 6) is 0.644. The predicted octanol–water partition coefficient (Wildman–Crippen LogP) is 1.98. The fourth-order valence-corrected chi connectivity index (χ4v) is 2.32. The Morgan fingerprint density at radius 3 is 2.88 bits per heavy atom. The van der Waals surface area contributed by atoms with E-state index in [0.29, 0.717) is 25.6 Å². The van der Waals surface area contributed by atoms with Gasteiger partial charge in [0.15, 0.2) is 5.96 Å². The number of carbonyl (C=O) groups excluding carboxylic acids is 1. The predicted molar refractivity (Wildman–Crippen MR) is 94.5 cm³/mol. The molecule has 0 bridgehead atoms. The first-order valence-corrected chi connectivity index (χ1v) is 8.73. The third kappa shape index (κ3) is 7.44. The van der Waals surface area contributed by atoms with Crippen LogP contribution in [0, 0.1) is 5.82 Å². The van der Waals surface area contributed by atoms with Gasteiger partial charge in [-0.05, 0) is 50.3 Å². The summed E-state index contributed by atoms with van der Waals surface area (Å²) in [5, 5.41) is 9.38. The number of carbonyl (C=O) groups is 1. The molecule has 1 amide bonds. The van der Waals surface area contributed by atoms with Crippen molar-refractivity contribution in [3.05, 3.63) is 35.6 Å². The second kappa shape index (κ2) is 9.90. The normalized spacial score (nSPS) is 14.3. The molecule has 0 unspecified atom stereocenters. The molecule has 1 aliphatic carbocycles. The molecule has 1 aromatic carbocycles. The van der Waals surface area contributed by atoms with Gasteiger partial charge >= 0.3 is 0 Å². The Labute approximate surface area is 143 Å². The van der Waals surface area contributed by atoms with Crippen LogP contribution in [-0.4, -0.2) is 37.5 Å². The maximum atomic E-state index is 13.1. The van der Waals surface area contributed by atoms with E-state index in [4.69, 9.17) is 0 Å². The van der Waals surface area contributed by atoms with Gasteiger partial charge < -0.3 is 16.0 Å². The van der Waals surface area contributed by atoms with Crippen molar-refractivity contribution in [2.75, 3.05) is 19.6 Å². The summed E-state index contributed by atoms with van der Waals surface area (Å²) >= 11 is 0. The molecule has 0 spiro atoms. The van der Waals surface area contributed by atoms with Crippen LogP contribution in [0.3, 0.4) is 0 Å². The number of nitrogens with zero attached hydrogens (tertiary/aromatic N) is 1. The molecule has 24 heavy (non-hydrogen) atoms. The van der Waals surface area contributed by atoms with Crippen LogP contribution in [0.15, 0.2) is 29.3 Å². The van der Waals surface area contributed by atoms with E-state index in [-0.39, 0.29) is 11.7 Å². The molecule has 3 N–H and O–H groups in total. The zero-order valence-corrected chi connectivity index (χ0v) is 14.3.